The summed E-state index contributed by atoms with van der Waals surface area (Å²) in [5.41, 5.74) is 0. The molecule has 1 atom stereocenters. The summed E-state index contributed by atoms with van der Waals surface area (Å²) in [6.07, 6.45) is 4.43. The molecule has 0 aromatic heterocycles. The Kier molecular flexibility index (Phi) is 4.25. The lowest BCUT2D eigenvalue weighted by molar-refractivity contribution is -0.139. The zero-order chi connectivity index (χ0) is 11.5. The van der Waals surface area contributed by atoms with Gasteiger partial charge in [-0.15, -0.1) is 0 Å². The molecular formula is C12H20BrNO2. The topological polar surface area (TPSA) is 29.5 Å². The summed E-state index contributed by atoms with van der Waals surface area (Å²) in [5, 5.41) is 0. The zero-order valence-electron chi connectivity index (χ0n) is 9.82. The second-order valence-corrected chi connectivity index (χ2v) is 6.36. The Hall–Kier alpha value is -0.0900. The fourth-order valence-electron chi connectivity index (χ4n) is 2.53. The van der Waals surface area contributed by atoms with E-state index in [0.29, 0.717) is 17.4 Å². The van der Waals surface area contributed by atoms with Crippen LogP contribution in [-0.2, 0) is 9.53 Å². The quantitative estimate of drug-likeness (QED) is 0.744. The maximum atomic E-state index is 12.1. The van der Waals surface area contributed by atoms with E-state index in [4.69, 9.17) is 4.74 Å². The maximum Gasteiger partial charge on any atom is 0.227 e. The Bertz CT molecular complexity index is 247. The van der Waals surface area contributed by atoms with Crippen molar-refractivity contribution < 1.29 is 9.53 Å². The highest BCUT2D eigenvalue weighted by Gasteiger charge is 2.31. The molecule has 92 valence electrons. The van der Waals surface area contributed by atoms with Gasteiger partial charge in [0.05, 0.1) is 12.5 Å². The van der Waals surface area contributed by atoms with Crippen LogP contribution in [0.5, 0.6) is 0 Å². The van der Waals surface area contributed by atoms with Gasteiger partial charge in [-0.1, -0.05) is 15.9 Å². The van der Waals surface area contributed by atoms with Crippen molar-refractivity contribution in [2.75, 3.05) is 26.8 Å². The van der Waals surface area contributed by atoms with Gasteiger partial charge < -0.3 is 9.64 Å². The first-order valence-electron chi connectivity index (χ1n) is 6.13. The number of halogens is 1. The van der Waals surface area contributed by atoms with Gasteiger partial charge in [-0.3, -0.25) is 4.79 Å². The Balaban J connectivity index is 1.74. The molecule has 2 fully saturated rings. The number of carbonyl (C=O) groups is 1. The van der Waals surface area contributed by atoms with Crippen molar-refractivity contribution in [3.63, 3.8) is 0 Å². The van der Waals surface area contributed by atoms with Crippen molar-refractivity contribution >= 4 is 21.8 Å². The van der Waals surface area contributed by atoms with Gasteiger partial charge in [0, 0.05) is 25.0 Å². The summed E-state index contributed by atoms with van der Waals surface area (Å²) in [5.74, 6) is 1.08. The van der Waals surface area contributed by atoms with E-state index in [0.717, 1.165) is 26.0 Å². The van der Waals surface area contributed by atoms with E-state index in [1.54, 1.807) is 0 Å². The van der Waals surface area contributed by atoms with Crippen LogP contribution in [-0.4, -0.2) is 42.4 Å². The Morgan fingerprint density at radius 1 is 1.50 bits per heavy atom. The first kappa shape index (κ1) is 12.4. The van der Waals surface area contributed by atoms with Gasteiger partial charge in [-0.2, -0.15) is 0 Å². The van der Waals surface area contributed by atoms with E-state index in [1.165, 1.54) is 12.8 Å². The standard InChI is InChI=1S/C12H20BrNO2/c1-14(7-9-5-11(13)6-9)12(15)10-3-2-4-16-8-10/h9-11H,2-8H2,1H3. The van der Waals surface area contributed by atoms with Crippen LogP contribution in [0.4, 0.5) is 0 Å². The van der Waals surface area contributed by atoms with Gasteiger partial charge in [0.15, 0.2) is 0 Å². The van der Waals surface area contributed by atoms with Gasteiger partial charge in [0.1, 0.15) is 0 Å². The number of ether oxygens (including phenoxy) is 1. The Morgan fingerprint density at radius 2 is 2.25 bits per heavy atom. The highest BCUT2D eigenvalue weighted by Crippen LogP contribution is 2.33. The summed E-state index contributed by atoms with van der Waals surface area (Å²) in [6.45, 7) is 2.35. The van der Waals surface area contributed by atoms with Crippen LogP contribution in [0.25, 0.3) is 0 Å². The van der Waals surface area contributed by atoms with Crippen molar-refractivity contribution in [3.05, 3.63) is 0 Å². The minimum absolute atomic E-state index is 0.110. The lowest BCUT2D eigenvalue weighted by atomic mass is 9.84. The molecule has 1 saturated carbocycles. The van der Waals surface area contributed by atoms with Crippen molar-refractivity contribution in [2.45, 2.75) is 30.5 Å². The molecule has 1 unspecified atom stereocenters. The SMILES string of the molecule is CN(CC1CC(Br)C1)C(=O)C1CCCOC1. The molecule has 2 aliphatic rings. The number of hydrogen-bond acceptors (Lipinski definition) is 2. The van der Waals surface area contributed by atoms with Crippen molar-refractivity contribution in [1.29, 1.82) is 0 Å². The highest BCUT2D eigenvalue weighted by atomic mass is 79.9. The molecule has 16 heavy (non-hydrogen) atoms. The number of rotatable bonds is 3. The Morgan fingerprint density at radius 3 is 2.81 bits per heavy atom. The lowest BCUT2D eigenvalue weighted by Gasteiger charge is -2.35. The molecule has 0 spiro atoms. The molecule has 0 bridgehead atoms. The second kappa shape index (κ2) is 5.50. The van der Waals surface area contributed by atoms with Crippen LogP contribution in [0, 0.1) is 11.8 Å². The summed E-state index contributed by atoms with van der Waals surface area (Å²) in [4.78, 5) is 14.7. The molecular weight excluding hydrogens is 270 g/mol. The van der Waals surface area contributed by atoms with Crippen LogP contribution in [0.15, 0.2) is 0 Å². The molecule has 2 rings (SSSR count). The number of alkyl halides is 1. The van der Waals surface area contributed by atoms with E-state index < -0.39 is 0 Å². The lowest BCUT2D eigenvalue weighted by Crippen LogP contribution is -2.42. The van der Waals surface area contributed by atoms with Crippen molar-refractivity contribution in [3.8, 4) is 0 Å². The number of carbonyl (C=O) groups excluding carboxylic acids is 1. The minimum Gasteiger partial charge on any atom is -0.381 e. The van der Waals surface area contributed by atoms with E-state index in [1.807, 2.05) is 11.9 Å². The van der Waals surface area contributed by atoms with Gasteiger partial charge in [-0.05, 0) is 31.6 Å². The van der Waals surface area contributed by atoms with E-state index in [9.17, 15) is 4.79 Å². The molecule has 1 aliphatic heterocycles. The summed E-state index contributed by atoms with van der Waals surface area (Å²) in [7, 11) is 1.93. The molecule has 0 aromatic carbocycles. The minimum atomic E-state index is 0.110. The van der Waals surface area contributed by atoms with Crippen molar-refractivity contribution in [1.82, 2.24) is 4.90 Å². The average molecular weight is 290 g/mol. The predicted octanol–water partition coefficient (Wildman–Crippen LogP) is 2.04. The van der Waals surface area contributed by atoms with E-state index in [-0.39, 0.29) is 11.8 Å². The van der Waals surface area contributed by atoms with Crippen LogP contribution in [0.1, 0.15) is 25.7 Å². The average Bonchev–Trinajstić information content (AvgIpc) is 2.27. The molecule has 4 heteroatoms. The molecule has 1 saturated heterocycles. The monoisotopic (exact) mass is 289 g/mol. The zero-order valence-corrected chi connectivity index (χ0v) is 11.4. The second-order valence-electron chi connectivity index (χ2n) is 5.07. The largest absolute Gasteiger partial charge is 0.381 e. The smallest absolute Gasteiger partial charge is 0.227 e. The van der Waals surface area contributed by atoms with Crippen LogP contribution in [0.3, 0.4) is 0 Å². The molecule has 0 radical (unpaired) electrons. The summed E-state index contributed by atoms with van der Waals surface area (Å²) in [6, 6.07) is 0. The van der Waals surface area contributed by atoms with Crippen LogP contribution in [0.2, 0.25) is 0 Å². The number of amides is 1. The van der Waals surface area contributed by atoms with Crippen LogP contribution >= 0.6 is 15.9 Å². The molecule has 1 amide bonds. The highest BCUT2D eigenvalue weighted by molar-refractivity contribution is 9.09. The first-order valence-corrected chi connectivity index (χ1v) is 7.05. The molecule has 1 heterocycles. The van der Waals surface area contributed by atoms with E-state index >= 15 is 0 Å². The normalized spacial score (nSPS) is 34.2. The molecule has 3 nitrogen and oxygen atoms in total. The molecule has 1 aliphatic carbocycles. The molecule has 0 N–H and O–H groups in total. The van der Waals surface area contributed by atoms with Crippen LogP contribution < -0.4 is 0 Å². The fraction of sp³-hybridized carbons (Fsp3) is 0.917. The summed E-state index contributed by atoms with van der Waals surface area (Å²) >= 11 is 3.58. The summed E-state index contributed by atoms with van der Waals surface area (Å²) < 4.78 is 5.36. The van der Waals surface area contributed by atoms with Gasteiger partial charge >= 0.3 is 0 Å². The third-order valence-corrected chi connectivity index (χ3v) is 4.34. The van der Waals surface area contributed by atoms with Gasteiger partial charge in [-0.25, -0.2) is 0 Å². The Labute approximate surface area is 106 Å². The fourth-order valence-corrected chi connectivity index (χ4v) is 3.59. The number of nitrogens with zero attached hydrogens (tertiary/aromatic N) is 1. The third-order valence-electron chi connectivity index (χ3n) is 3.60. The number of hydrogen-bond donors (Lipinski definition) is 0. The first-order chi connectivity index (χ1) is 7.66. The van der Waals surface area contributed by atoms with Gasteiger partial charge in [0.2, 0.25) is 5.91 Å². The molecule has 0 aromatic rings. The van der Waals surface area contributed by atoms with Crippen molar-refractivity contribution in [2.24, 2.45) is 11.8 Å². The van der Waals surface area contributed by atoms with E-state index in [2.05, 4.69) is 15.9 Å². The maximum absolute atomic E-state index is 12.1. The predicted molar refractivity (Wildman–Crippen MR) is 66.6 cm³/mol. The van der Waals surface area contributed by atoms with Gasteiger partial charge in [0.25, 0.3) is 0 Å². The third kappa shape index (κ3) is 2.98.